The molecule has 0 heterocycles. The van der Waals surface area contributed by atoms with Crippen molar-refractivity contribution in [1.29, 1.82) is 0 Å². The molecule has 0 spiro atoms. The van der Waals surface area contributed by atoms with Crippen LogP contribution in [0, 0.1) is 11.3 Å². The third-order valence-electron chi connectivity index (χ3n) is 4.52. The van der Waals surface area contributed by atoms with Gasteiger partial charge in [-0.05, 0) is 38.1 Å². The van der Waals surface area contributed by atoms with E-state index in [1.54, 1.807) is 0 Å². The number of hydrogen-bond donors (Lipinski definition) is 1. The van der Waals surface area contributed by atoms with Gasteiger partial charge in [-0.25, -0.2) is 0 Å². The minimum atomic E-state index is 0.214. The van der Waals surface area contributed by atoms with E-state index in [0.29, 0.717) is 0 Å². The van der Waals surface area contributed by atoms with Gasteiger partial charge in [0.2, 0.25) is 0 Å². The Hall–Kier alpha value is -0.0800. The SMILES string of the molecule is CC1CCCCC1N(C)CC(C)(C)C(C)N. The van der Waals surface area contributed by atoms with Crippen molar-refractivity contribution in [2.45, 2.75) is 65.5 Å². The first-order valence-electron chi connectivity index (χ1n) is 6.80. The predicted molar refractivity (Wildman–Crippen MR) is 71.5 cm³/mol. The summed E-state index contributed by atoms with van der Waals surface area (Å²) in [5, 5.41) is 0. The minimum Gasteiger partial charge on any atom is -0.327 e. The molecule has 0 saturated heterocycles. The van der Waals surface area contributed by atoms with Crippen LogP contribution < -0.4 is 5.73 Å². The highest BCUT2D eigenvalue weighted by Gasteiger charge is 2.30. The topological polar surface area (TPSA) is 29.3 Å². The molecule has 96 valence electrons. The predicted octanol–water partition coefficient (Wildman–Crippen LogP) is 2.87. The first kappa shape index (κ1) is 14.0. The molecular weight excluding hydrogens is 196 g/mol. The lowest BCUT2D eigenvalue weighted by Gasteiger charge is -2.41. The van der Waals surface area contributed by atoms with Crippen LogP contribution in [-0.4, -0.2) is 30.6 Å². The minimum absolute atomic E-state index is 0.214. The zero-order chi connectivity index (χ0) is 12.3. The molecule has 3 unspecified atom stereocenters. The van der Waals surface area contributed by atoms with Gasteiger partial charge in [0, 0.05) is 18.6 Å². The molecule has 2 heteroatoms. The summed E-state index contributed by atoms with van der Waals surface area (Å²) in [4.78, 5) is 2.55. The Kier molecular flexibility index (Phi) is 4.81. The molecule has 0 bridgehead atoms. The second-order valence-corrected chi connectivity index (χ2v) is 6.52. The van der Waals surface area contributed by atoms with Crippen molar-refractivity contribution in [3.63, 3.8) is 0 Å². The third kappa shape index (κ3) is 3.46. The van der Waals surface area contributed by atoms with Crippen molar-refractivity contribution < 1.29 is 0 Å². The van der Waals surface area contributed by atoms with Gasteiger partial charge in [0.1, 0.15) is 0 Å². The van der Waals surface area contributed by atoms with Crippen molar-refractivity contribution in [3.8, 4) is 0 Å². The van der Waals surface area contributed by atoms with E-state index in [-0.39, 0.29) is 11.5 Å². The fourth-order valence-corrected chi connectivity index (χ4v) is 2.86. The van der Waals surface area contributed by atoms with E-state index in [4.69, 9.17) is 5.73 Å². The van der Waals surface area contributed by atoms with Gasteiger partial charge < -0.3 is 10.6 Å². The summed E-state index contributed by atoms with van der Waals surface area (Å²) in [6.07, 6.45) is 5.58. The van der Waals surface area contributed by atoms with Crippen LogP contribution in [0.2, 0.25) is 0 Å². The molecule has 0 aromatic rings. The Morgan fingerprint density at radius 3 is 2.38 bits per heavy atom. The van der Waals surface area contributed by atoms with Crippen LogP contribution in [0.5, 0.6) is 0 Å². The molecule has 2 N–H and O–H groups in total. The van der Waals surface area contributed by atoms with Crippen LogP contribution in [0.1, 0.15) is 53.4 Å². The van der Waals surface area contributed by atoms with Gasteiger partial charge in [-0.3, -0.25) is 0 Å². The molecule has 0 amide bonds. The van der Waals surface area contributed by atoms with Gasteiger partial charge in [-0.15, -0.1) is 0 Å². The highest BCUT2D eigenvalue weighted by Crippen LogP contribution is 2.30. The van der Waals surface area contributed by atoms with Gasteiger partial charge in [-0.1, -0.05) is 33.6 Å². The highest BCUT2D eigenvalue weighted by atomic mass is 15.1. The average molecular weight is 226 g/mol. The first-order chi connectivity index (χ1) is 7.34. The van der Waals surface area contributed by atoms with E-state index in [0.717, 1.165) is 18.5 Å². The molecule has 0 radical (unpaired) electrons. The molecule has 1 aliphatic carbocycles. The van der Waals surface area contributed by atoms with E-state index in [1.807, 2.05) is 0 Å². The van der Waals surface area contributed by atoms with Gasteiger partial charge >= 0.3 is 0 Å². The van der Waals surface area contributed by atoms with Crippen molar-refractivity contribution in [1.82, 2.24) is 4.90 Å². The number of nitrogens with zero attached hydrogens (tertiary/aromatic N) is 1. The van der Waals surface area contributed by atoms with Crippen molar-refractivity contribution in [3.05, 3.63) is 0 Å². The summed E-state index contributed by atoms with van der Waals surface area (Å²) in [6.45, 7) is 10.2. The summed E-state index contributed by atoms with van der Waals surface area (Å²) >= 11 is 0. The van der Waals surface area contributed by atoms with Gasteiger partial charge in [0.05, 0.1) is 0 Å². The van der Waals surface area contributed by atoms with Crippen LogP contribution in [0.25, 0.3) is 0 Å². The van der Waals surface area contributed by atoms with E-state index in [9.17, 15) is 0 Å². The van der Waals surface area contributed by atoms with Crippen LogP contribution in [0.4, 0.5) is 0 Å². The number of rotatable bonds is 4. The quantitative estimate of drug-likeness (QED) is 0.798. The standard InChI is InChI=1S/C14H30N2/c1-11-8-6-7-9-13(11)16(5)10-14(3,4)12(2)15/h11-13H,6-10,15H2,1-5H3. The maximum absolute atomic E-state index is 6.06. The summed E-state index contributed by atoms with van der Waals surface area (Å²) in [5.41, 5.74) is 6.27. The first-order valence-corrected chi connectivity index (χ1v) is 6.80. The van der Waals surface area contributed by atoms with Crippen molar-refractivity contribution in [2.75, 3.05) is 13.6 Å². The molecule has 1 aliphatic rings. The van der Waals surface area contributed by atoms with Crippen LogP contribution >= 0.6 is 0 Å². The zero-order valence-electron chi connectivity index (χ0n) is 11.8. The van der Waals surface area contributed by atoms with E-state index in [2.05, 4.69) is 39.6 Å². The molecule has 3 atom stereocenters. The maximum Gasteiger partial charge on any atom is 0.0118 e. The monoisotopic (exact) mass is 226 g/mol. The Morgan fingerprint density at radius 1 is 1.31 bits per heavy atom. The van der Waals surface area contributed by atoms with E-state index in [1.165, 1.54) is 25.7 Å². The van der Waals surface area contributed by atoms with Crippen LogP contribution in [0.15, 0.2) is 0 Å². The molecule has 16 heavy (non-hydrogen) atoms. The lowest BCUT2D eigenvalue weighted by molar-refractivity contribution is 0.0886. The van der Waals surface area contributed by atoms with Crippen LogP contribution in [0.3, 0.4) is 0 Å². The van der Waals surface area contributed by atoms with Crippen molar-refractivity contribution in [2.24, 2.45) is 17.1 Å². The highest BCUT2D eigenvalue weighted by molar-refractivity contribution is 4.86. The van der Waals surface area contributed by atoms with Crippen molar-refractivity contribution >= 4 is 0 Å². The Labute approximate surface area is 102 Å². The van der Waals surface area contributed by atoms with Crippen LogP contribution in [-0.2, 0) is 0 Å². The average Bonchev–Trinajstić information content (AvgIpc) is 2.17. The van der Waals surface area contributed by atoms with E-state index < -0.39 is 0 Å². The number of nitrogens with two attached hydrogens (primary N) is 1. The molecule has 1 saturated carbocycles. The second kappa shape index (κ2) is 5.50. The Balaban J connectivity index is 2.53. The summed E-state index contributed by atoms with van der Waals surface area (Å²) in [6, 6.07) is 1.03. The second-order valence-electron chi connectivity index (χ2n) is 6.52. The molecule has 0 aromatic heterocycles. The molecule has 0 aromatic carbocycles. The summed E-state index contributed by atoms with van der Waals surface area (Å²) < 4.78 is 0. The molecule has 0 aliphatic heterocycles. The number of hydrogen-bond acceptors (Lipinski definition) is 2. The van der Waals surface area contributed by atoms with Gasteiger partial charge in [-0.2, -0.15) is 0 Å². The Bertz CT molecular complexity index is 211. The largest absolute Gasteiger partial charge is 0.327 e. The molecule has 1 rings (SSSR count). The molecule has 2 nitrogen and oxygen atoms in total. The summed E-state index contributed by atoms with van der Waals surface area (Å²) in [5.74, 6) is 0.850. The Morgan fingerprint density at radius 2 is 1.88 bits per heavy atom. The zero-order valence-corrected chi connectivity index (χ0v) is 11.8. The lowest BCUT2D eigenvalue weighted by atomic mass is 9.81. The van der Waals surface area contributed by atoms with Gasteiger partial charge in [0.25, 0.3) is 0 Å². The normalized spacial score (nSPS) is 29.4. The fourth-order valence-electron chi connectivity index (χ4n) is 2.86. The maximum atomic E-state index is 6.06. The molecular formula is C14H30N2. The van der Waals surface area contributed by atoms with Gasteiger partial charge in [0.15, 0.2) is 0 Å². The lowest BCUT2D eigenvalue weighted by Crippen LogP contribution is -2.48. The van der Waals surface area contributed by atoms with E-state index >= 15 is 0 Å². The smallest absolute Gasteiger partial charge is 0.0118 e. The third-order valence-corrected chi connectivity index (χ3v) is 4.52. The molecule has 1 fully saturated rings. The fraction of sp³-hybridized carbons (Fsp3) is 1.00. The summed E-state index contributed by atoms with van der Waals surface area (Å²) in [7, 11) is 2.27.